The van der Waals surface area contributed by atoms with Crippen LogP contribution in [0.2, 0.25) is 5.02 Å². The van der Waals surface area contributed by atoms with Crippen molar-refractivity contribution in [1.82, 2.24) is 0 Å². The first-order chi connectivity index (χ1) is 9.81. The molecule has 0 aliphatic heterocycles. The van der Waals surface area contributed by atoms with Crippen molar-refractivity contribution in [2.45, 2.75) is 6.54 Å². The van der Waals surface area contributed by atoms with Crippen molar-refractivity contribution in [3.05, 3.63) is 75.9 Å². The molecule has 100 valence electrons. The van der Waals surface area contributed by atoms with Crippen LogP contribution in [-0.2, 0) is 6.54 Å². The second-order valence-electron chi connectivity index (χ2n) is 4.53. The summed E-state index contributed by atoms with van der Waals surface area (Å²) in [5, 5.41) is 6.17. The highest BCUT2D eigenvalue weighted by Crippen LogP contribution is 2.23. The molecule has 0 fully saturated rings. The van der Waals surface area contributed by atoms with Crippen LogP contribution < -0.4 is 5.32 Å². The Morgan fingerprint density at radius 1 is 0.900 bits per heavy atom. The van der Waals surface area contributed by atoms with Gasteiger partial charge in [0.15, 0.2) is 0 Å². The van der Waals surface area contributed by atoms with Gasteiger partial charge in [-0.25, -0.2) is 0 Å². The minimum atomic E-state index is 0.808. The summed E-state index contributed by atoms with van der Waals surface area (Å²) < 4.78 is 0. The van der Waals surface area contributed by atoms with Crippen LogP contribution in [0.15, 0.2) is 66.0 Å². The van der Waals surface area contributed by atoms with E-state index in [1.807, 2.05) is 17.5 Å². The van der Waals surface area contributed by atoms with Crippen molar-refractivity contribution in [2.75, 3.05) is 5.32 Å². The van der Waals surface area contributed by atoms with Crippen molar-refractivity contribution < 1.29 is 0 Å². The van der Waals surface area contributed by atoms with Gasteiger partial charge in [-0.15, -0.1) is 11.3 Å². The van der Waals surface area contributed by atoms with Crippen LogP contribution in [0.1, 0.15) is 4.88 Å². The molecule has 0 aliphatic carbocycles. The van der Waals surface area contributed by atoms with Crippen molar-refractivity contribution >= 4 is 28.6 Å². The molecular formula is C17H14ClNS. The van der Waals surface area contributed by atoms with E-state index in [9.17, 15) is 0 Å². The summed E-state index contributed by atoms with van der Waals surface area (Å²) >= 11 is 7.59. The fraction of sp³-hybridized carbons (Fsp3) is 0.0588. The number of thiophene rings is 1. The molecule has 3 aromatic rings. The quantitative estimate of drug-likeness (QED) is 0.653. The van der Waals surface area contributed by atoms with E-state index in [1.54, 1.807) is 11.3 Å². The van der Waals surface area contributed by atoms with Gasteiger partial charge in [0.1, 0.15) is 0 Å². The standard InChI is InChI=1S/C17H14ClNS/c18-15-10-17(20-12-15)11-19-16-8-6-14(7-9-16)13-4-2-1-3-5-13/h1-10,12,19H,11H2. The van der Waals surface area contributed by atoms with E-state index in [4.69, 9.17) is 11.6 Å². The largest absolute Gasteiger partial charge is 0.380 e. The smallest absolute Gasteiger partial charge is 0.0516 e. The van der Waals surface area contributed by atoms with Gasteiger partial charge in [-0.1, -0.05) is 54.1 Å². The highest BCUT2D eigenvalue weighted by atomic mass is 35.5. The Kier molecular flexibility index (Phi) is 4.05. The number of hydrogen-bond acceptors (Lipinski definition) is 2. The first-order valence-corrected chi connectivity index (χ1v) is 7.69. The molecule has 1 N–H and O–H groups in total. The number of anilines is 1. The lowest BCUT2D eigenvalue weighted by Gasteiger charge is -2.06. The topological polar surface area (TPSA) is 12.0 Å². The molecule has 0 spiro atoms. The molecular weight excluding hydrogens is 286 g/mol. The van der Waals surface area contributed by atoms with Crippen LogP contribution in [0, 0.1) is 0 Å². The first-order valence-electron chi connectivity index (χ1n) is 6.43. The molecule has 3 rings (SSSR count). The minimum absolute atomic E-state index is 0.808. The number of nitrogens with one attached hydrogen (secondary N) is 1. The summed E-state index contributed by atoms with van der Waals surface area (Å²) in [5.74, 6) is 0. The van der Waals surface area contributed by atoms with E-state index in [0.29, 0.717) is 0 Å². The van der Waals surface area contributed by atoms with Gasteiger partial charge in [-0.2, -0.15) is 0 Å². The number of benzene rings is 2. The van der Waals surface area contributed by atoms with E-state index in [0.717, 1.165) is 17.3 Å². The maximum absolute atomic E-state index is 5.91. The van der Waals surface area contributed by atoms with Crippen LogP contribution in [-0.4, -0.2) is 0 Å². The van der Waals surface area contributed by atoms with E-state index in [2.05, 4.69) is 53.8 Å². The van der Waals surface area contributed by atoms with Crippen molar-refractivity contribution in [1.29, 1.82) is 0 Å². The Balaban J connectivity index is 1.67. The van der Waals surface area contributed by atoms with E-state index in [-0.39, 0.29) is 0 Å². The average Bonchev–Trinajstić information content (AvgIpc) is 2.92. The number of halogens is 1. The van der Waals surface area contributed by atoms with Crippen LogP contribution in [0.4, 0.5) is 5.69 Å². The second kappa shape index (κ2) is 6.12. The molecule has 3 heteroatoms. The Labute approximate surface area is 127 Å². The third-order valence-electron chi connectivity index (χ3n) is 3.08. The van der Waals surface area contributed by atoms with Gasteiger partial charge in [0, 0.05) is 22.5 Å². The van der Waals surface area contributed by atoms with Gasteiger partial charge in [-0.05, 0) is 29.3 Å². The highest BCUT2D eigenvalue weighted by molar-refractivity contribution is 7.10. The molecule has 0 saturated carbocycles. The molecule has 2 aromatic carbocycles. The third-order valence-corrected chi connectivity index (χ3v) is 4.36. The van der Waals surface area contributed by atoms with Crippen LogP contribution in [0.25, 0.3) is 11.1 Å². The van der Waals surface area contributed by atoms with Gasteiger partial charge >= 0.3 is 0 Å². The fourth-order valence-electron chi connectivity index (χ4n) is 2.05. The molecule has 0 bridgehead atoms. The number of rotatable bonds is 4. The molecule has 0 unspecified atom stereocenters. The Hall–Kier alpha value is -1.77. The first kappa shape index (κ1) is 13.2. The predicted octanol–water partition coefficient (Wildman–Crippen LogP) is 5.68. The van der Waals surface area contributed by atoms with Crippen molar-refractivity contribution in [2.24, 2.45) is 0 Å². The normalized spacial score (nSPS) is 10.4. The van der Waals surface area contributed by atoms with Crippen molar-refractivity contribution in [3.63, 3.8) is 0 Å². The van der Waals surface area contributed by atoms with E-state index < -0.39 is 0 Å². The van der Waals surface area contributed by atoms with Crippen LogP contribution in [0.3, 0.4) is 0 Å². The lowest BCUT2D eigenvalue weighted by Crippen LogP contribution is -1.96. The minimum Gasteiger partial charge on any atom is -0.380 e. The molecule has 1 aromatic heterocycles. The fourth-order valence-corrected chi connectivity index (χ4v) is 3.06. The molecule has 1 heterocycles. The zero-order valence-electron chi connectivity index (χ0n) is 10.8. The van der Waals surface area contributed by atoms with Crippen molar-refractivity contribution in [3.8, 4) is 11.1 Å². The summed E-state index contributed by atoms with van der Waals surface area (Å²) in [6.07, 6.45) is 0. The van der Waals surface area contributed by atoms with Gasteiger partial charge in [0.2, 0.25) is 0 Å². The summed E-state index contributed by atoms with van der Waals surface area (Å²) in [7, 11) is 0. The van der Waals surface area contributed by atoms with E-state index in [1.165, 1.54) is 16.0 Å². The summed E-state index contributed by atoms with van der Waals surface area (Å²) in [6.45, 7) is 0.808. The SMILES string of the molecule is Clc1csc(CNc2ccc(-c3ccccc3)cc2)c1. The maximum Gasteiger partial charge on any atom is 0.0516 e. The molecule has 0 aliphatic rings. The zero-order valence-corrected chi connectivity index (χ0v) is 12.4. The lowest BCUT2D eigenvalue weighted by molar-refractivity contribution is 1.19. The predicted molar refractivity (Wildman–Crippen MR) is 88.5 cm³/mol. The average molecular weight is 300 g/mol. The lowest BCUT2D eigenvalue weighted by atomic mass is 10.1. The summed E-state index contributed by atoms with van der Waals surface area (Å²) in [5.41, 5.74) is 3.59. The molecule has 0 radical (unpaired) electrons. The molecule has 20 heavy (non-hydrogen) atoms. The van der Waals surface area contributed by atoms with Gasteiger partial charge < -0.3 is 5.32 Å². The molecule has 0 saturated heterocycles. The molecule has 1 nitrogen and oxygen atoms in total. The van der Waals surface area contributed by atoms with Gasteiger partial charge in [0.25, 0.3) is 0 Å². The molecule has 0 amide bonds. The monoisotopic (exact) mass is 299 g/mol. The van der Waals surface area contributed by atoms with Gasteiger partial charge in [-0.3, -0.25) is 0 Å². The summed E-state index contributed by atoms with van der Waals surface area (Å²) in [6, 6.07) is 20.9. The summed E-state index contributed by atoms with van der Waals surface area (Å²) in [4.78, 5) is 1.24. The highest BCUT2D eigenvalue weighted by Gasteiger charge is 1.99. The van der Waals surface area contributed by atoms with Gasteiger partial charge in [0.05, 0.1) is 5.02 Å². The Morgan fingerprint density at radius 3 is 2.25 bits per heavy atom. The van der Waals surface area contributed by atoms with Crippen LogP contribution in [0.5, 0.6) is 0 Å². The zero-order chi connectivity index (χ0) is 13.8. The van der Waals surface area contributed by atoms with E-state index >= 15 is 0 Å². The van der Waals surface area contributed by atoms with Crippen LogP contribution >= 0.6 is 22.9 Å². The second-order valence-corrected chi connectivity index (χ2v) is 5.96. The molecule has 0 atom stereocenters. The number of hydrogen-bond donors (Lipinski definition) is 1. The third kappa shape index (κ3) is 3.21. The maximum atomic E-state index is 5.91. The Bertz CT molecular complexity index is 674. The Morgan fingerprint density at radius 2 is 1.60 bits per heavy atom.